The Hall–Kier alpha value is -1.40. The lowest BCUT2D eigenvalue weighted by molar-refractivity contribution is 0.401. The van der Waals surface area contributed by atoms with Gasteiger partial charge >= 0.3 is 0 Å². The van der Waals surface area contributed by atoms with Gasteiger partial charge in [0.25, 0.3) is 0 Å². The van der Waals surface area contributed by atoms with Gasteiger partial charge in [-0.05, 0) is 20.4 Å². The molecule has 0 aliphatic rings. The predicted molar refractivity (Wildman–Crippen MR) is 76.9 cm³/mol. The summed E-state index contributed by atoms with van der Waals surface area (Å²) in [6, 6.07) is 0.0682. The molecule has 0 saturated carbocycles. The molecule has 2 aromatic heterocycles. The van der Waals surface area contributed by atoms with Crippen LogP contribution in [0.2, 0.25) is 0 Å². The number of nitrogens with one attached hydrogen (secondary N) is 1. The molecule has 0 spiro atoms. The third-order valence-electron chi connectivity index (χ3n) is 3.05. The average molecular weight is 280 g/mol. The molecule has 0 aliphatic carbocycles. The van der Waals surface area contributed by atoms with Crippen LogP contribution in [0.4, 0.5) is 0 Å². The van der Waals surface area contributed by atoms with Crippen LogP contribution >= 0.6 is 11.3 Å². The van der Waals surface area contributed by atoms with Crippen LogP contribution in [0, 0.1) is 13.8 Å². The highest BCUT2D eigenvalue weighted by Gasteiger charge is 2.25. The van der Waals surface area contributed by atoms with E-state index < -0.39 is 0 Å². The van der Waals surface area contributed by atoms with Crippen LogP contribution in [0.3, 0.4) is 0 Å². The first-order valence-electron chi connectivity index (χ1n) is 6.31. The van der Waals surface area contributed by atoms with Crippen LogP contribution in [0.1, 0.15) is 34.2 Å². The standard InChI is InChI=1S/C13H20N4OS/c1-6-14-11(13-8(2)16-9(3)19-13)12-10(18-5)7-15-17(12)4/h7,11,14H,6H2,1-5H3. The lowest BCUT2D eigenvalue weighted by atomic mass is 10.1. The number of thiazole rings is 1. The molecule has 6 heteroatoms. The fraction of sp³-hybridized carbons (Fsp3) is 0.538. The maximum atomic E-state index is 5.42. The summed E-state index contributed by atoms with van der Waals surface area (Å²) in [5.74, 6) is 0.805. The summed E-state index contributed by atoms with van der Waals surface area (Å²) in [4.78, 5) is 5.74. The first kappa shape index (κ1) is 14.0. The van der Waals surface area contributed by atoms with Crippen LogP contribution in [0.25, 0.3) is 0 Å². The van der Waals surface area contributed by atoms with Gasteiger partial charge in [0.15, 0.2) is 5.75 Å². The van der Waals surface area contributed by atoms with Crippen molar-refractivity contribution >= 4 is 11.3 Å². The van der Waals surface area contributed by atoms with Crippen molar-refractivity contribution < 1.29 is 4.74 Å². The largest absolute Gasteiger partial charge is 0.493 e. The fourth-order valence-corrected chi connectivity index (χ4v) is 3.25. The van der Waals surface area contributed by atoms with Gasteiger partial charge in [0, 0.05) is 7.05 Å². The molecule has 0 bridgehead atoms. The number of nitrogens with zero attached hydrogens (tertiary/aromatic N) is 3. The topological polar surface area (TPSA) is 52.0 Å². The zero-order valence-corrected chi connectivity index (χ0v) is 12.8. The highest BCUT2D eigenvalue weighted by Crippen LogP contribution is 2.34. The van der Waals surface area contributed by atoms with Crippen molar-refractivity contribution in [3.05, 3.63) is 27.5 Å². The Balaban J connectivity index is 2.51. The second kappa shape index (κ2) is 5.71. The Kier molecular flexibility index (Phi) is 4.21. The highest BCUT2D eigenvalue weighted by atomic mass is 32.1. The van der Waals surface area contributed by atoms with Gasteiger partial charge in [-0.15, -0.1) is 11.3 Å². The van der Waals surface area contributed by atoms with Gasteiger partial charge in [0.2, 0.25) is 0 Å². The minimum Gasteiger partial charge on any atom is -0.493 e. The van der Waals surface area contributed by atoms with Gasteiger partial charge in [-0.2, -0.15) is 5.10 Å². The number of ether oxygens (including phenoxy) is 1. The highest BCUT2D eigenvalue weighted by molar-refractivity contribution is 7.11. The molecule has 1 atom stereocenters. The SMILES string of the molecule is CCNC(c1sc(C)nc1C)c1c(OC)cnn1C. The maximum absolute atomic E-state index is 5.42. The van der Waals surface area contributed by atoms with Gasteiger partial charge in [0.1, 0.15) is 5.69 Å². The molecule has 2 aromatic rings. The van der Waals surface area contributed by atoms with E-state index in [2.05, 4.69) is 22.3 Å². The van der Waals surface area contributed by atoms with Gasteiger partial charge in [0.05, 0.1) is 34.9 Å². The lowest BCUT2D eigenvalue weighted by Gasteiger charge is -2.18. The van der Waals surface area contributed by atoms with Crippen molar-refractivity contribution in [1.29, 1.82) is 0 Å². The normalized spacial score (nSPS) is 12.7. The van der Waals surface area contributed by atoms with Gasteiger partial charge in [-0.25, -0.2) is 4.98 Å². The summed E-state index contributed by atoms with van der Waals surface area (Å²) in [5.41, 5.74) is 2.10. The zero-order chi connectivity index (χ0) is 14.0. The second-order valence-electron chi connectivity index (χ2n) is 4.40. The molecule has 0 saturated heterocycles. The van der Waals surface area contributed by atoms with E-state index in [1.54, 1.807) is 24.6 Å². The Morgan fingerprint density at radius 2 is 2.21 bits per heavy atom. The quantitative estimate of drug-likeness (QED) is 0.912. The Morgan fingerprint density at radius 1 is 1.47 bits per heavy atom. The summed E-state index contributed by atoms with van der Waals surface area (Å²) in [7, 11) is 3.61. The van der Waals surface area contributed by atoms with E-state index in [1.165, 1.54) is 4.88 Å². The van der Waals surface area contributed by atoms with E-state index in [9.17, 15) is 0 Å². The molecule has 0 radical (unpaired) electrons. The van der Waals surface area contributed by atoms with Crippen LogP contribution in [0.5, 0.6) is 5.75 Å². The van der Waals surface area contributed by atoms with Gasteiger partial charge in [-0.1, -0.05) is 6.92 Å². The molecule has 5 nitrogen and oxygen atoms in total. The molecule has 2 heterocycles. The zero-order valence-electron chi connectivity index (χ0n) is 12.0. The minimum absolute atomic E-state index is 0.0682. The summed E-state index contributed by atoms with van der Waals surface area (Å²) >= 11 is 1.72. The molecule has 0 aromatic carbocycles. The number of aromatic nitrogens is 3. The van der Waals surface area contributed by atoms with Crippen molar-refractivity contribution in [3.63, 3.8) is 0 Å². The molecule has 0 amide bonds. The Labute approximate surface area is 117 Å². The monoisotopic (exact) mass is 280 g/mol. The molecule has 104 valence electrons. The van der Waals surface area contributed by atoms with Crippen molar-refractivity contribution in [2.24, 2.45) is 7.05 Å². The number of hydrogen-bond acceptors (Lipinski definition) is 5. The minimum atomic E-state index is 0.0682. The van der Waals surface area contributed by atoms with Crippen molar-refractivity contribution in [2.75, 3.05) is 13.7 Å². The maximum Gasteiger partial charge on any atom is 0.161 e. The van der Waals surface area contributed by atoms with E-state index in [0.29, 0.717) is 0 Å². The molecule has 1 unspecified atom stereocenters. The van der Waals surface area contributed by atoms with E-state index in [-0.39, 0.29) is 6.04 Å². The first-order valence-corrected chi connectivity index (χ1v) is 7.13. The number of rotatable bonds is 5. The summed E-state index contributed by atoms with van der Waals surface area (Å²) < 4.78 is 7.28. The number of aryl methyl sites for hydroxylation is 3. The third kappa shape index (κ3) is 2.64. The van der Waals surface area contributed by atoms with Crippen LogP contribution in [-0.4, -0.2) is 28.4 Å². The summed E-state index contributed by atoms with van der Waals surface area (Å²) in [5, 5.41) is 8.87. The van der Waals surface area contributed by atoms with Crippen molar-refractivity contribution in [2.45, 2.75) is 26.8 Å². The fourth-order valence-electron chi connectivity index (χ4n) is 2.25. The smallest absolute Gasteiger partial charge is 0.161 e. The molecule has 0 fully saturated rings. The second-order valence-corrected chi connectivity index (χ2v) is 5.63. The average Bonchev–Trinajstić information content (AvgIpc) is 2.89. The molecule has 19 heavy (non-hydrogen) atoms. The molecular weight excluding hydrogens is 260 g/mol. The predicted octanol–water partition coefficient (Wildman–Crippen LogP) is 2.20. The van der Waals surface area contributed by atoms with E-state index in [0.717, 1.165) is 28.7 Å². The lowest BCUT2D eigenvalue weighted by Crippen LogP contribution is -2.24. The van der Waals surface area contributed by atoms with E-state index >= 15 is 0 Å². The van der Waals surface area contributed by atoms with Crippen LogP contribution in [0.15, 0.2) is 6.20 Å². The summed E-state index contributed by atoms with van der Waals surface area (Å²) in [6.07, 6.45) is 1.75. The molecule has 2 rings (SSSR count). The molecular formula is C13H20N4OS. The molecule has 0 aliphatic heterocycles. The number of hydrogen-bond donors (Lipinski definition) is 1. The van der Waals surface area contributed by atoms with Crippen LogP contribution in [-0.2, 0) is 7.05 Å². The molecule has 1 N–H and O–H groups in total. The Morgan fingerprint density at radius 3 is 2.74 bits per heavy atom. The van der Waals surface area contributed by atoms with E-state index in [4.69, 9.17) is 4.74 Å². The van der Waals surface area contributed by atoms with Gasteiger partial charge in [-0.3, -0.25) is 4.68 Å². The van der Waals surface area contributed by atoms with Crippen LogP contribution < -0.4 is 10.1 Å². The van der Waals surface area contributed by atoms with E-state index in [1.807, 2.05) is 25.6 Å². The van der Waals surface area contributed by atoms with Crippen molar-refractivity contribution in [3.8, 4) is 5.75 Å². The number of methoxy groups -OCH3 is 1. The first-order chi connectivity index (χ1) is 9.08. The Bertz CT molecular complexity index is 561. The van der Waals surface area contributed by atoms with Crippen molar-refractivity contribution in [1.82, 2.24) is 20.1 Å². The third-order valence-corrected chi connectivity index (χ3v) is 4.19. The van der Waals surface area contributed by atoms with Gasteiger partial charge < -0.3 is 10.1 Å². The summed E-state index contributed by atoms with van der Waals surface area (Å²) in [6.45, 7) is 7.05.